The van der Waals surface area contributed by atoms with Gasteiger partial charge < -0.3 is 36.0 Å². The van der Waals surface area contributed by atoms with Crippen LogP contribution in [0.1, 0.15) is 34.3 Å². The standard InChI is InChI=1S/C29H28BrN3O8/c1-33(2)18-9-14(11-32-29(40)41-16-5-3-15(30)4-6-16)24(35)22-17(18)8-12-7-13-10-19(34)23(28(31)39)27(38)21(13)25(36)20(12)26(22)37/h3-6,9,12-13,21,34-36H,7-8,10-11H2,1-2H3,(H2,31,39)(H,32,40). The molecule has 3 unspecified atom stereocenters. The van der Waals surface area contributed by atoms with Crippen LogP contribution in [0.25, 0.3) is 0 Å². The number of phenols is 1. The molecule has 3 aliphatic carbocycles. The van der Waals surface area contributed by atoms with E-state index in [-0.39, 0.29) is 41.8 Å². The van der Waals surface area contributed by atoms with E-state index in [0.717, 1.165) is 4.47 Å². The molecule has 3 atom stereocenters. The Kier molecular flexibility index (Phi) is 7.28. The van der Waals surface area contributed by atoms with Crippen LogP contribution in [0.3, 0.4) is 0 Å². The summed E-state index contributed by atoms with van der Waals surface area (Å²) >= 11 is 3.31. The molecule has 0 saturated heterocycles. The summed E-state index contributed by atoms with van der Waals surface area (Å²) < 4.78 is 6.08. The van der Waals surface area contributed by atoms with E-state index in [9.17, 15) is 34.5 Å². The molecule has 11 nitrogen and oxygen atoms in total. The van der Waals surface area contributed by atoms with Crippen molar-refractivity contribution in [3.63, 3.8) is 0 Å². The molecule has 2 aromatic rings. The van der Waals surface area contributed by atoms with Crippen LogP contribution in [-0.4, -0.2) is 53.0 Å². The lowest BCUT2D eigenvalue weighted by atomic mass is 9.62. The van der Waals surface area contributed by atoms with E-state index >= 15 is 0 Å². The number of hydrogen-bond donors (Lipinski definition) is 5. The zero-order valence-electron chi connectivity index (χ0n) is 22.2. The number of anilines is 1. The second-order valence-corrected chi connectivity index (χ2v) is 11.5. The van der Waals surface area contributed by atoms with Crippen molar-refractivity contribution < 1.29 is 39.2 Å². The number of Topliss-reactive ketones (excluding diaryl/α,β-unsaturated/α-hetero) is 2. The Bertz CT molecular complexity index is 1560. The van der Waals surface area contributed by atoms with Crippen LogP contribution in [0, 0.1) is 17.8 Å². The fraction of sp³-hybridized carbons (Fsp3) is 0.310. The van der Waals surface area contributed by atoms with Crippen molar-refractivity contribution in [1.82, 2.24) is 5.32 Å². The number of fused-ring (bicyclic) bond motifs is 3. The van der Waals surface area contributed by atoms with Gasteiger partial charge in [0.15, 0.2) is 11.6 Å². The number of aromatic hydroxyl groups is 1. The van der Waals surface area contributed by atoms with Gasteiger partial charge in [-0.15, -0.1) is 0 Å². The summed E-state index contributed by atoms with van der Waals surface area (Å²) in [7, 11) is 3.56. The Morgan fingerprint density at radius 3 is 2.44 bits per heavy atom. The molecule has 0 heterocycles. The van der Waals surface area contributed by atoms with Crippen LogP contribution in [0.5, 0.6) is 11.5 Å². The Hall–Kier alpha value is -4.32. The molecule has 41 heavy (non-hydrogen) atoms. The van der Waals surface area contributed by atoms with Gasteiger partial charge in [0.1, 0.15) is 28.6 Å². The van der Waals surface area contributed by atoms with Crippen molar-refractivity contribution >= 4 is 45.2 Å². The lowest BCUT2D eigenvalue weighted by Gasteiger charge is -2.41. The van der Waals surface area contributed by atoms with Gasteiger partial charge in [-0.1, -0.05) is 15.9 Å². The number of amides is 2. The van der Waals surface area contributed by atoms with Crippen LogP contribution in [-0.2, 0) is 22.6 Å². The van der Waals surface area contributed by atoms with Crippen LogP contribution < -0.4 is 20.7 Å². The number of aliphatic hydroxyl groups excluding tert-OH is 2. The van der Waals surface area contributed by atoms with Gasteiger partial charge in [0.2, 0.25) is 0 Å². The Labute approximate surface area is 243 Å². The molecule has 2 amide bonds. The number of nitrogens with zero attached hydrogens (tertiary/aromatic N) is 1. The molecular formula is C29H28BrN3O8. The number of nitrogens with two attached hydrogens (primary N) is 1. The normalized spacial score (nSPS) is 21.6. The van der Waals surface area contributed by atoms with E-state index in [2.05, 4.69) is 21.2 Å². The second kappa shape index (κ2) is 10.6. The number of primary amides is 1. The molecule has 0 fully saturated rings. The first-order valence-electron chi connectivity index (χ1n) is 12.9. The maximum atomic E-state index is 13.9. The summed E-state index contributed by atoms with van der Waals surface area (Å²) in [5, 5.41) is 35.4. The maximum absolute atomic E-state index is 13.9. The minimum Gasteiger partial charge on any atom is -0.511 e. The van der Waals surface area contributed by atoms with Gasteiger partial charge in [-0.05, 0) is 60.6 Å². The number of carbonyl (C=O) groups is 4. The molecule has 3 aliphatic rings. The van der Waals surface area contributed by atoms with Gasteiger partial charge in [0.05, 0.1) is 11.5 Å². The van der Waals surface area contributed by atoms with Gasteiger partial charge in [-0.25, -0.2) is 4.79 Å². The van der Waals surface area contributed by atoms with Crippen molar-refractivity contribution in [1.29, 1.82) is 0 Å². The zero-order chi connectivity index (χ0) is 29.7. The second-order valence-electron chi connectivity index (χ2n) is 10.6. The number of benzene rings is 2. The molecule has 0 radical (unpaired) electrons. The number of phenolic OH excluding ortho intramolecular Hbond substituents is 1. The summed E-state index contributed by atoms with van der Waals surface area (Å²) in [5.41, 5.74) is 6.16. The van der Waals surface area contributed by atoms with Gasteiger partial charge in [-0.3, -0.25) is 14.4 Å². The van der Waals surface area contributed by atoms with E-state index in [1.165, 1.54) is 0 Å². The Morgan fingerprint density at radius 2 is 1.80 bits per heavy atom. The molecule has 5 rings (SSSR count). The number of nitrogens with one attached hydrogen (secondary N) is 1. The van der Waals surface area contributed by atoms with Gasteiger partial charge in [0.25, 0.3) is 5.91 Å². The molecule has 0 spiro atoms. The highest BCUT2D eigenvalue weighted by molar-refractivity contribution is 9.10. The zero-order valence-corrected chi connectivity index (χ0v) is 23.8. The monoisotopic (exact) mass is 625 g/mol. The largest absolute Gasteiger partial charge is 0.511 e. The molecule has 0 aliphatic heterocycles. The SMILES string of the molecule is CN(C)c1cc(CNC(=O)Oc2ccc(Br)cc2)c(O)c2c1CC1CC3CC(O)=C(C(N)=O)C(=O)C3C(O)=C1C2=O. The Morgan fingerprint density at radius 1 is 1.12 bits per heavy atom. The molecule has 214 valence electrons. The van der Waals surface area contributed by atoms with Gasteiger partial charge in [0, 0.05) is 48.4 Å². The smallest absolute Gasteiger partial charge is 0.412 e. The van der Waals surface area contributed by atoms with Crippen LogP contribution in [0.4, 0.5) is 10.5 Å². The number of ketones is 2. The number of allylic oxidation sites excluding steroid dienone is 3. The quantitative estimate of drug-likeness (QED) is 0.310. The molecule has 2 aromatic carbocycles. The average Bonchev–Trinajstić information content (AvgIpc) is 2.88. The predicted molar refractivity (Wildman–Crippen MR) is 151 cm³/mol. The summed E-state index contributed by atoms with van der Waals surface area (Å²) in [4.78, 5) is 53.0. The summed E-state index contributed by atoms with van der Waals surface area (Å²) in [6, 6.07) is 8.32. The number of hydrogen-bond acceptors (Lipinski definition) is 9. The first-order valence-corrected chi connectivity index (χ1v) is 13.7. The molecule has 0 bridgehead atoms. The first kappa shape index (κ1) is 28.2. The van der Waals surface area contributed by atoms with Gasteiger partial charge in [-0.2, -0.15) is 0 Å². The minimum absolute atomic E-state index is 0.00271. The highest BCUT2D eigenvalue weighted by Crippen LogP contribution is 2.51. The number of carbonyl (C=O) groups excluding carboxylic acids is 4. The third kappa shape index (κ3) is 4.92. The Balaban J connectivity index is 1.49. The molecule has 0 aromatic heterocycles. The molecule has 6 N–H and O–H groups in total. The number of rotatable bonds is 5. The van der Waals surface area contributed by atoms with Crippen molar-refractivity contribution in [2.75, 3.05) is 19.0 Å². The highest BCUT2D eigenvalue weighted by Gasteiger charge is 2.50. The van der Waals surface area contributed by atoms with Crippen LogP contribution in [0.15, 0.2) is 57.5 Å². The van der Waals surface area contributed by atoms with Crippen LogP contribution in [0.2, 0.25) is 0 Å². The van der Waals surface area contributed by atoms with E-state index in [1.54, 1.807) is 49.3 Å². The number of halogens is 1. The fourth-order valence-electron chi connectivity index (χ4n) is 6.09. The lowest BCUT2D eigenvalue weighted by molar-refractivity contribution is -0.126. The van der Waals surface area contributed by atoms with Crippen molar-refractivity contribution in [3.05, 3.63) is 74.2 Å². The van der Waals surface area contributed by atoms with Crippen molar-refractivity contribution in [2.45, 2.75) is 25.8 Å². The van der Waals surface area contributed by atoms with E-state index in [0.29, 0.717) is 23.4 Å². The fourth-order valence-corrected chi connectivity index (χ4v) is 6.35. The highest BCUT2D eigenvalue weighted by atomic mass is 79.9. The van der Waals surface area contributed by atoms with Crippen molar-refractivity contribution in [3.8, 4) is 11.5 Å². The third-order valence-corrected chi connectivity index (χ3v) is 8.40. The van der Waals surface area contributed by atoms with Crippen LogP contribution >= 0.6 is 15.9 Å². The first-order chi connectivity index (χ1) is 19.4. The minimum atomic E-state index is -1.20. The molecular weight excluding hydrogens is 598 g/mol. The predicted octanol–water partition coefficient (Wildman–Crippen LogP) is 3.58. The summed E-state index contributed by atoms with van der Waals surface area (Å²) in [5.74, 6) is -5.68. The summed E-state index contributed by atoms with van der Waals surface area (Å²) in [6.45, 7) is -0.160. The van der Waals surface area contributed by atoms with E-state index in [1.807, 2.05) is 0 Å². The molecule has 12 heteroatoms. The average molecular weight is 626 g/mol. The van der Waals surface area contributed by atoms with Crippen molar-refractivity contribution in [2.24, 2.45) is 23.5 Å². The molecule has 0 saturated carbocycles. The van der Waals surface area contributed by atoms with E-state index in [4.69, 9.17) is 10.5 Å². The topological polar surface area (TPSA) is 179 Å². The number of aliphatic hydroxyl groups is 2. The summed E-state index contributed by atoms with van der Waals surface area (Å²) in [6.07, 6.45) is -0.212. The lowest BCUT2D eigenvalue weighted by Crippen LogP contribution is -2.43. The van der Waals surface area contributed by atoms with Gasteiger partial charge >= 0.3 is 6.09 Å². The maximum Gasteiger partial charge on any atom is 0.412 e. The third-order valence-electron chi connectivity index (χ3n) is 7.87. The number of ether oxygens (including phenoxy) is 1. The van der Waals surface area contributed by atoms with E-state index < -0.39 is 58.4 Å².